The summed E-state index contributed by atoms with van der Waals surface area (Å²) in [5, 5.41) is 12.9. The van der Waals surface area contributed by atoms with Crippen molar-refractivity contribution in [1.82, 2.24) is 4.98 Å². The van der Waals surface area contributed by atoms with Crippen molar-refractivity contribution < 1.29 is 14.7 Å². The molecular formula is C12H12N2O3S2. The molecule has 7 heteroatoms. The monoisotopic (exact) mass is 296 g/mol. The van der Waals surface area contributed by atoms with Gasteiger partial charge in [-0.2, -0.15) is 0 Å². The first-order valence-corrected chi connectivity index (χ1v) is 7.11. The molecule has 2 rings (SSSR count). The molecule has 0 radical (unpaired) electrons. The second kappa shape index (κ2) is 5.10. The van der Waals surface area contributed by atoms with Crippen molar-refractivity contribution in [1.29, 1.82) is 0 Å². The van der Waals surface area contributed by atoms with Gasteiger partial charge in [0.1, 0.15) is 9.88 Å². The maximum Gasteiger partial charge on any atom is 0.338 e. The number of nitrogens with one attached hydrogen (secondary N) is 1. The molecule has 0 aliphatic carbocycles. The average molecular weight is 296 g/mol. The van der Waals surface area contributed by atoms with Gasteiger partial charge in [-0.05, 0) is 26.8 Å². The van der Waals surface area contributed by atoms with Crippen molar-refractivity contribution in [2.75, 3.05) is 5.32 Å². The van der Waals surface area contributed by atoms with Crippen LogP contribution in [0.15, 0.2) is 6.07 Å². The predicted molar refractivity (Wildman–Crippen MR) is 75.6 cm³/mol. The summed E-state index contributed by atoms with van der Waals surface area (Å²) in [5.74, 6) is -1.36. The van der Waals surface area contributed by atoms with Crippen molar-refractivity contribution in [3.63, 3.8) is 0 Å². The van der Waals surface area contributed by atoms with Gasteiger partial charge in [-0.15, -0.1) is 22.7 Å². The Morgan fingerprint density at radius 1 is 1.26 bits per heavy atom. The van der Waals surface area contributed by atoms with Crippen LogP contribution in [-0.4, -0.2) is 22.0 Å². The highest BCUT2D eigenvalue weighted by molar-refractivity contribution is 7.17. The number of aromatic carboxylic acids is 1. The SMILES string of the molecule is Cc1cc(C(=O)O)c(NC(=O)c2sc(C)nc2C)s1. The van der Waals surface area contributed by atoms with Crippen LogP contribution in [0.25, 0.3) is 0 Å². The largest absolute Gasteiger partial charge is 0.478 e. The summed E-state index contributed by atoms with van der Waals surface area (Å²) >= 11 is 2.55. The summed E-state index contributed by atoms with van der Waals surface area (Å²) in [6.45, 7) is 5.39. The molecule has 0 saturated heterocycles. The van der Waals surface area contributed by atoms with Gasteiger partial charge in [0.05, 0.1) is 16.3 Å². The summed E-state index contributed by atoms with van der Waals surface area (Å²) in [7, 11) is 0. The molecule has 0 unspecified atom stereocenters. The zero-order valence-electron chi connectivity index (χ0n) is 10.6. The highest BCUT2D eigenvalue weighted by atomic mass is 32.1. The first kappa shape index (κ1) is 13.7. The number of amides is 1. The van der Waals surface area contributed by atoms with E-state index in [0.717, 1.165) is 9.88 Å². The summed E-state index contributed by atoms with van der Waals surface area (Å²) in [6.07, 6.45) is 0. The molecule has 19 heavy (non-hydrogen) atoms. The fraction of sp³-hybridized carbons (Fsp3) is 0.250. The quantitative estimate of drug-likeness (QED) is 0.912. The van der Waals surface area contributed by atoms with E-state index in [-0.39, 0.29) is 11.5 Å². The highest BCUT2D eigenvalue weighted by Crippen LogP contribution is 2.29. The van der Waals surface area contributed by atoms with E-state index in [1.807, 2.05) is 6.92 Å². The number of hydrogen-bond donors (Lipinski definition) is 2. The number of carboxylic acid groups (broad SMARTS) is 1. The van der Waals surface area contributed by atoms with Crippen LogP contribution in [0.1, 0.15) is 35.6 Å². The zero-order chi connectivity index (χ0) is 14.2. The molecule has 0 aliphatic rings. The normalized spacial score (nSPS) is 10.5. The first-order valence-electron chi connectivity index (χ1n) is 5.47. The van der Waals surface area contributed by atoms with E-state index >= 15 is 0 Å². The van der Waals surface area contributed by atoms with Crippen molar-refractivity contribution in [3.8, 4) is 0 Å². The lowest BCUT2D eigenvalue weighted by molar-refractivity contribution is 0.0698. The fourth-order valence-electron chi connectivity index (χ4n) is 1.67. The molecule has 0 aromatic carbocycles. The van der Waals surface area contributed by atoms with Crippen LogP contribution >= 0.6 is 22.7 Å². The summed E-state index contributed by atoms with van der Waals surface area (Å²) < 4.78 is 0. The number of hydrogen-bond acceptors (Lipinski definition) is 5. The molecular weight excluding hydrogens is 284 g/mol. The lowest BCUT2D eigenvalue weighted by atomic mass is 10.3. The molecule has 2 aromatic heterocycles. The first-order chi connectivity index (χ1) is 8.88. The van der Waals surface area contributed by atoms with Gasteiger partial charge >= 0.3 is 5.97 Å². The van der Waals surface area contributed by atoms with Gasteiger partial charge in [0.2, 0.25) is 0 Å². The van der Waals surface area contributed by atoms with Crippen LogP contribution in [0.5, 0.6) is 0 Å². The Morgan fingerprint density at radius 2 is 1.95 bits per heavy atom. The minimum absolute atomic E-state index is 0.120. The van der Waals surface area contributed by atoms with Crippen LogP contribution in [0, 0.1) is 20.8 Å². The van der Waals surface area contributed by atoms with E-state index in [1.165, 1.54) is 22.7 Å². The zero-order valence-corrected chi connectivity index (χ0v) is 12.2. The predicted octanol–water partition coefficient (Wildman–Crippen LogP) is 3.08. The minimum Gasteiger partial charge on any atom is -0.478 e. The summed E-state index contributed by atoms with van der Waals surface area (Å²) in [6, 6.07) is 1.55. The Labute approximate surface area is 117 Å². The van der Waals surface area contributed by atoms with Gasteiger partial charge in [0.25, 0.3) is 5.91 Å². The van der Waals surface area contributed by atoms with E-state index < -0.39 is 5.97 Å². The number of carbonyl (C=O) groups excluding carboxylic acids is 1. The molecule has 0 saturated carbocycles. The Balaban J connectivity index is 2.29. The van der Waals surface area contributed by atoms with Gasteiger partial charge in [-0.1, -0.05) is 0 Å². The van der Waals surface area contributed by atoms with Crippen LogP contribution in [0.2, 0.25) is 0 Å². The lowest BCUT2D eigenvalue weighted by Crippen LogP contribution is -2.12. The van der Waals surface area contributed by atoms with Crippen LogP contribution in [-0.2, 0) is 0 Å². The average Bonchev–Trinajstić information content (AvgIpc) is 2.81. The van der Waals surface area contributed by atoms with E-state index in [2.05, 4.69) is 10.3 Å². The number of carboxylic acids is 1. The van der Waals surface area contributed by atoms with E-state index in [1.54, 1.807) is 19.9 Å². The molecule has 2 aromatic rings. The number of nitrogens with zero attached hydrogens (tertiary/aromatic N) is 1. The van der Waals surface area contributed by atoms with Crippen LogP contribution < -0.4 is 5.32 Å². The van der Waals surface area contributed by atoms with E-state index in [9.17, 15) is 9.59 Å². The third kappa shape index (κ3) is 2.82. The van der Waals surface area contributed by atoms with Crippen molar-refractivity contribution in [2.24, 2.45) is 0 Å². The highest BCUT2D eigenvalue weighted by Gasteiger charge is 2.19. The molecule has 0 atom stereocenters. The molecule has 5 nitrogen and oxygen atoms in total. The number of rotatable bonds is 3. The Bertz CT molecular complexity index is 658. The van der Waals surface area contributed by atoms with Crippen LogP contribution in [0.3, 0.4) is 0 Å². The molecule has 0 aliphatic heterocycles. The van der Waals surface area contributed by atoms with Gasteiger partial charge in [0.15, 0.2) is 0 Å². The Kier molecular flexibility index (Phi) is 3.68. The van der Waals surface area contributed by atoms with Gasteiger partial charge < -0.3 is 10.4 Å². The van der Waals surface area contributed by atoms with E-state index in [4.69, 9.17) is 5.11 Å². The second-order valence-electron chi connectivity index (χ2n) is 4.01. The fourth-order valence-corrected chi connectivity index (χ4v) is 3.38. The maximum atomic E-state index is 12.1. The minimum atomic E-state index is -1.04. The van der Waals surface area contributed by atoms with Gasteiger partial charge in [0, 0.05) is 4.88 Å². The molecule has 1 amide bonds. The number of aromatic nitrogens is 1. The van der Waals surface area contributed by atoms with Crippen molar-refractivity contribution in [2.45, 2.75) is 20.8 Å². The molecule has 0 fully saturated rings. The molecule has 0 bridgehead atoms. The molecule has 0 spiro atoms. The number of thiazole rings is 1. The van der Waals surface area contributed by atoms with Crippen molar-refractivity contribution in [3.05, 3.63) is 32.1 Å². The Hall–Kier alpha value is -1.73. The molecule has 100 valence electrons. The van der Waals surface area contributed by atoms with E-state index in [0.29, 0.717) is 15.6 Å². The maximum absolute atomic E-state index is 12.1. The number of thiophene rings is 1. The second-order valence-corrected chi connectivity index (χ2v) is 6.47. The Morgan fingerprint density at radius 3 is 2.47 bits per heavy atom. The molecule has 2 N–H and O–H groups in total. The third-order valence-corrected chi connectivity index (χ3v) is 4.46. The smallest absolute Gasteiger partial charge is 0.338 e. The topological polar surface area (TPSA) is 79.3 Å². The standard InChI is InChI=1S/C12H12N2O3S2/c1-5-4-8(12(16)17)11(18-5)14-10(15)9-6(2)13-7(3)19-9/h4H,1-3H3,(H,14,15)(H,16,17). The summed E-state index contributed by atoms with van der Waals surface area (Å²) in [4.78, 5) is 28.7. The number of aryl methyl sites for hydroxylation is 3. The van der Waals surface area contributed by atoms with Gasteiger partial charge in [-0.3, -0.25) is 4.79 Å². The number of carbonyl (C=O) groups is 2. The lowest BCUT2D eigenvalue weighted by Gasteiger charge is -2.02. The van der Waals surface area contributed by atoms with Crippen LogP contribution in [0.4, 0.5) is 5.00 Å². The van der Waals surface area contributed by atoms with Crippen molar-refractivity contribution >= 4 is 39.6 Å². The molecule has 2 heterocycles. The van der Waals surface area contributed by atoms with Gasteiger partial charge in [-0.25, -0.2) is 9.78 Å². The third-order valence-electron chi connectivity index (χ3n) is 2.42. The summed E-state index contributed by atoms with van der Waals surface area (Å²) in [5.41, 5.74) is 0.778. The number of anilines is 1.